The number of piperidine rings is 1. The predicted octanol–water partition coefficient (Wildman–Crippen LogP) is 5.02. The van der Waals surface area contributed by atoms with Crippen molar-refractivity contribution in [3.63, 3.8) is 0 Å². The van der Waals surface area contributed by atoms with Gasteiger partial charge in [-0.1, -0.05) is 0 Å². The Morgan fingerprint density at radius 1 is 1.31 bits per heavy atom. The van der Waals surface area contributed by atoms with Gasteiger partial charge in [0.1, 0.15) is 17.5 Å². The number of aromatic amines is 1. The number of fused-ring (bicyclic) bond motifs is 1. The third kappa shape index (κ3) is 4.44. The van der Waals surface area contributed by atoms with E-state index < -0.39 is 0 Å². The minimum absolute atomic E-state index is 0.409. The van der Waals surface area contributed by atoms with Gasteiger partial charge in [-0.25, -0.2) is 9.97 Å². The Bertz CT molecular complexity index is 1260. The minimum atomic E-state index is 0.409. The third-order valence-electron chi connectivity index (χ3n) is 5.85. The maximum Gasteiger partial charge on any atom is 0.187 e. The number of nitrogens with zero attached hydrogens (tertiary/aromatic N) is 4. The van der Waals surface area contributed by atoms with Crippen LogP contribution >= 0.6 is 11.3 Å². The summed E-state index contributed by atoms with van der Waals surface area (Å²) in [5, 5.41) is 16.4. The first-order valence-corrected chi connectivity index (χ1v) is 11.5. The van der Waals surface area contributed by atoms with Crippen molar-refractivity contribution in [1.82, 2.24) is 19.9 Å². The van der Waals surface area contributed by atoms with E-state index in [0.717, 1.165) is 53.8 Å². The number of benzene rings is 1. The van der Waals surface area contributed by atoms with E-state index >= 15 is 0 Å². The molecule has 32 heavy (non-hydrogen) atoms. The zero-order valence-electron chi connectivity index (χ0n) is 17.8. The van der Waals surface area contributed by atoms with E-state index in [-0.39, 0.29) is 0 Å². The number of thiazole rings is 1. The van der Waals surface area contributed by atoms with Crippen LogP contribution in [0, 0.1) is 11.3 Å². The molecule has 1 aliphatic heterocycles. The summed E-state index contributed by atoms with van der Waals surface area (Å²) in [6.07, 6.45) is 3.98. The Labute approximate surface area is 190 Å². The number of methoxy groups -OCH3 is 1. The van der Waals surface area contributed by atoms with Gasteiger partial charge in [0, 0.05) is 41.0 Å². The number of hydrogen-bond donors (Lipinski definition) is 2. The van der Waals surface area contributed by atoms with Gasteiger partial charge < -0.3 is 15.0 Å². The number of nitriles is 1. The van der Waals surface area contributed by atoms with E-state index in [1.54, 1.807) is 30.7 Å². The summed E-state index contributed by atoms with van der Waals surface area (Å²) < 4.78 is 5.34. The van der Waals surface area contributed by atoms with Crippen molar-refractivity contribution in [2.75, 3.05) is 25.5 Å². The lowest BCUT2D eigenvalue weighted by Crippen LogP contribution is -2.34. The molecule has 0 unspecified atom stereocenters. The molecule has 2 N–H and O–H groups in total. The van der Waals surface area contributed by atoms with Crippen LogP contribution in [-0.2, 0) is 6.54 Å². The Kier molecular flexibility index (Phi) is 5.75. The summed E-state index contributed by atoms with van der Waals surface area (Å²) in [6, 6.07) is 13.9. The van der Waals surface area contributed by atoms with Gasteiger partial charge in [-0.15, -0.1) is 11.3 Å². The van der Waals surface area contributed by atoms with Gasteiger partial charge in [0.15, 0.2) is 5.13 Å². The Balaban J connectivity index is 1.23. The van der Waals surface area contributed by atoms with Crippen molar-refractivity contribution in [1.29, 1.82) is 5.26 Å². The molecule has 0 bridgehead atoms. The van der Waals surface area contributed by atoms with Gasteiger partial charge in [0.2, 0.25) is 0 Å². The molecule has 1 atom stereocenters. The molecule has 1 aliphatic rings. The molecular weight excluding hydrogens is 420 g/mol. The van der Waals surface area contributed by atoms with Crippen LogP contribution in [0.5, 0.6) is 5.75 Å². The Morgan fingerprint density at radius 3 is 3.06 bits per heavy atom. The van der Waals surface area contributed by atoms with Crippen LogP contribution < -0.4 is 10.1 Å². The topological polar surface area (TPSA) is 89.9 Å². The fourth-order valence-corrected chi connectivity index (χ4v) is 5.07. The van der Waals surface area contributed by atoms with Crippen molar-refractivity contribution in [2.24, 2.45) is 0 Å². The molecule has 0 radical (unpaired) electrons. The van der Waals surface area contributed by atoms with Crippen LogP contribution in [0.2, 0.25) is 0 Å². The number of aromatic nitrogens is 3. The van der Waals surface area contributed by atoms with E-state index in [4.69, 9.17) is 15.0 Å². The predicted molar refractivity (Wildman–Crippen MR) is 126 cm³/mol. The normalized spacial score (nSPS) is 16.7. The van der Waals surface area contributed by atoms with Crippen molar-refractivity contribution in [2.45, 2.75) is 25.3 Å². The van der Waals surface area contributed by atoms with E-state index in [1.807, 2.05) is 18.2 Å². The van der Waals surface area contributed by atoms with E-state index in [9.17, 15) is 0 Å². The highest BCUT2D eigenvalue weighted by Gasteiger charge is 2.24. The molecule has 7 nitrogen and oxygen atoms in total. The first-order valence-electron chi connectivity index (χ1n) is 10.7. The summed E-state index contributed by atoms with van der Waals surface area (Å²) in [5.41, 5.74) is 4.76. The average Bonchev–Trinajstić information content (AvgIpc) is 3.45. The molecule has 0 aliphatic carbocycles. The van der Waals surface area contributed by atoms with E-state index in [2.05, 4.69) is 43.8 Å². The lowest BCUT2D eigenvalue weighted by atomic mass is 9.95. The second-order valence-electron chi connectivity index (χ2n) is 8.07. The molecule has 0 saturated carbocycles. The summed E-state index contributed by atoms with van der Waals surface area (Å²) >= 11 is 1.61. The zero-order valence-corrected chi connectivity index (χ0v) is 18.7. The highest BCUT2D eigenvalue weighted by molar-refractivity contribution is 7.13. The third-order valence-corrected chi connectivity index (χ3v) is 6.63. The van der Waals surface area contributed by atoms with Gasteiger partial charge in [-0.05, 0) is 55.8 Å². The lowest BCUT2D eigenvalue weighted by Gasteiger charge is -2.31. The van der Waals surface area contributed by atoms with Crippen molar-refractivity contribution < 1.29 is 4.74 Å². The van der Waals surface area contributed by atoms with Crippen molar-refractivity contribution in [3.05, 3.63) is 65.1 Å². The molecule has 5 rings (SSSR count). The standard InChI is InChI=1S/C24H24N6OS/c1-31-21-6-7-22-17(10-21)9-20(27-22)14-30-8-2-3-16(13-30)23-15-32-24(29-23)28-19-5-4-18(11-25)26-12-19/h4-7,9-10,12,15-16,27H,2-3,8,13-14H2,1H3,(H,28,29)/t16-/m1/s1. The van der Waals surface area contributed by atoms with Crippen molar-refractivity contribution >= 4 is 33.1 Å². The molecule has 8 heteroatoms. The molecule has 3 aromatic heterocycles. The molecule has 0 spiro atoms. The van der Waals surface area contributed by atoms with Crippen LogP contribution in [0.15, 0.2) is 48.0 Å². The number of H-pyrrole nitrogens is 1. The number of hydrogen-bond acceptors (Lipinski definition) is 7. The maximum absolute atomic E-state index is 8.88. The van der Waals surface area contributed by atoms with Crippen LogP contribution in [0.4, 0.5) is 10.8 Å². The SMILES string of the molecule is COc1ccc2[nH]c(CN3CCC[C@@H](c4csc(Nc5ccc(C#N)nc5)n4)C3)cc2c1. The van der Waals surface area contributed by atoms with Crippen LogP contribution in [-0.4, -0.2) is 40.1 Å². The molecule has 4 heterocycles. The highest BCUT2D eigenvalue weighted by Crippen LogP contribution is 2.31. The van der Waals surface area contributed by atoms with E-state index in [1.165, 1.54) is 17.5 Å². The second-order valence-corrected chi connectivity index (χ2v) is 8.93. The van der Waals surface area contributed by atoms with Gasteiger partial charge in [-0.3, -0.25) is 4.90 Å². The van der Waals surface area contributed by atoms with Gasteiger partial charge in [-0.2, -0.15) is 5.26 Å². The van der Waals surface area contributed by atoms with Gasteiger partial charge in [0.25, 0.3) is 0 Å². The van der Waals surface area contributed by atoms with Gasteiger partial charge in [0.05, 0.1) is 24.7 Å². The molecular formula is C24H24N6OS. The monoisotopic (exact) mass is 444 g/mol. The fraction of sp³-hybridized carbons (Fsp3) is 0.292. The summed E-state index contributed by atoms with van der Waals surface area (Å²) in [7, 11) is 1.70. The quantitative estimate of drug-likeness (QED) is 0.434. The highest BCUT2D eigenvalue weighted by atomic mass is 32.1. The smallest absolute Gasteiger partial charge is 0.187 e. The number of rotatable bonds is 6. The maximum atomic E-state index is 8.88. The van der Waals surface area contributed by atoms with Crippen LogP contribution in [0.1, 0.15) is 35.8 Å². The molecule has 1 fully saturated rings. The van der Waals surface area contributed by atoms with E-state index in [0.29, 0.717) is 11.6 Å². The largest absolute Gasteiger partial charge is 0.497 e. The average molecular weight is 445 g/mol. The Morgan fingerprint density at radius 2 is 2.25 bits per heavy atom. The first kappa shape index (κ1) is 20.5. The molecule has 4 aromatic rings. The number of nitrogens with one attached hydrogen (secondary N) is 2. The molecule has 162 valence electrons. The number of ether oxygens (including phenoxy) is 1. The summed E-state index contributed by atoms with van der Waals surface area (Å²) in [6.45, 7) is 3.00. The Hall–Kier alpha value is -3.41. The first-order chi connectivity index (χ1) is 15.7. The molecule has 1 saturated heterocycles. The number of pyridine rings is 1. The number of anilines is 2. The van der Waals surface area contributed by atoms with Crippen LogP contribution in [0.25, 0.3) is 10.9 Å². The fourth-order valence-electron chi connectivity index (χ4n) is 4.25. The zero-order chi connectivity index (χ0) is 21.9. The molecule has 0 amide bonds. The second kappa shape index (κ2) is 8.99. The minimum Gasteiger partial charge on any atom is -0.497 e. The van der Waals surface area contributed by atoms with Crippen molar-refractivity contribution in [3.8, 4) is 11.8 Å². The lowest BCUT2D eigenvalue weighted by molar-refractivity contribution is 0.197. The molecule has 1 aromatic carbocycles. The summed E-state index contributed by atoms with van der Waals surface area (Å²) in [4.78, 5) is 15.0. The summed E-state index contributed by atoms with van der Waals surface area (Å²) in [5.74, 6) is 1.31. The van der Waals surface area contributed by atoms with Crippen LogP contribution in [0.3, 0.4) is 0 Å². The van der Waals surface area contributed by atoms with Gasteiger partial charge >= 0.3 is 0 Å². The number of likely N-dealkylation sites (tertiary alicyclic amines) is 1.